The molecule has 1 N–H and O–H groups in total. The zero-order chi connectivity index (χ0) is 14.7. The van der Waals surface area contributed by atoms with Crippen molar-refractivity contribution < 1.29 is 8.78 Å². The van der Waals surface area contributed by atoms with Crippen molar-refractivity contribution in [2.45, 2.75) is 26.3 Å². The quantitative estimate of drug-likeness (QED) is 0.914. The molecule has 108 valence electrons. The summed E-state index contributed by atoms with van der Waals surface area (Å²) in [6.07, 6.45) is 2.31. The van der Waals surface area contributed by atoms with Gasteiger partial charge in [-0.2, -0.15) is 0 Å². The van der Waals surface area contributed by atoms with E-state index in [0.29, 0.717) is 24.1 Å². The Morgan fingerprint density at radius 2 is 2.05 bits per heavy atom. The first-order valence-corrected chi connectivity index (χ1v) is 6.51. The van der Waals surface area contributed by atoms with E-state index in [0.717, 1.165) is 5.82 Å². The lowest BCUT2D eigenvalue weighted by atomic mass is 10.0. The highest BCUT2D eigenvalue weighted by molar-refractivity contribution is 5.27. The lowest BCUT2D eigenvalue weighted by Crippen LogP contribution is -2.23. The van der Waals surface area contributed by atoms with Gasteiger partial charge in [-0.15, -0.1) is 10.2 Å². The van der Waals surface area contributed by atoms with Crippen molar-refractivity contribution in [1.82, 2.24) is 20.1 Å². The van der Waals surface area contributed by atoms with Crippen LogP contribution in [0.25, 0.3) is 0 Å². The molecular weight excluding hydrogens is 262 g/mol. The van der Waals surface area contributed by atoms with Crippen LogP contribution in [0, 0.1) is 18.6 Å². The highest BCUT2D eigenvalue weighted by atomic mass is 19.1. The van der Waals surface area contributed by atoms with Gasteiger partial charge in [0, 0.05) is 31.6 Å². The van der Waals surface area contributed by atoms with Crippen LogP contribution in [-0.4, -0.2) is 21.3 Å². The van der Waals surface area contributed by atoms with Gasteiger partial charge in [-0.1, -0.05) is 0 Å². The van der Waals surface area contributed by atoms with E-state index in [1.165, 1.54) is 12.1 Å². The summed E-state index contributed by atoms with van der Waals surface area (Å²) < 4.78 is 29.1. The summed E-state index contributed by atoms with van der Waals surface area (Å²) >= 11 is 0. The second-order valence-corrected chi connectivity index (χ2v) is 4.91. The molecule has 0 saturated heterocycles. The minimum atomic E-state index is -0.387. The second-order valence-electron chi connectivity index (χ2n) is 4.91. The van der Waals surface area contributed by atoms with E-state index in [-0.39, 0.29) is 17.7 Å². The fourth-order valence-electron chi connectivity index (χ4n) is 2.04. The maximum Gasteiger partial charge on any atom is 0.133 e. The lowest BCUT2D eigenvalue weighted by molar-refractivity contribution is 0.514. The van der Waals surface area contributed by atoms with Gasteiger partial charge in [-0.25, -0.2) is 8.78 Å². The predicted molar refractivity (Wildman–Crippen MR) is 72.2 cm³/mol. The molecule has 2 aromatic rings. The molecule has 1 heterocycles. The van der Waals surface area contributed by atoms with Crippen LogP contribution in [0.1, 0.15) is 29.9 Å². The van der Waals surface area contributed by atoms with E-state index in [1.807, 2.05) is 18.5 Å². The van der Waals surface area contributed by atoms with Gasteiger partial charge in [-0.3, -0.25) is 0 Å². The number of nitrogens with zero attached hydrogens (tertiary/aromatic N) is 3. The minimum absolute atomic E-state index is 0.265. The smallest absolute Gasteiger partial charge is 0.133 e. The Morgan fingerprint density at radius 1 is 1.30 bits per heavy atom. The van der Waals surface area contributed by atoms with Crippen LogP contribution < -0.4 is 5.32 Å². The molecule has 20 heavy (non-hydrogen) atoms. The number of hydrogen-bond donors (Lipinski definition) is 1. The summed E-state index contributed by atoms with van der Waals surface area (Å²) in [6.45, 7) is 3.97. The molecule has 2 rings (SSSR count). The highest BCUT2D eigenvalue weighted by Gasteiger charge is 2.13. The number of aryl methyl sites for hydroxylation is 2. The normalized spacial score (nSPS) is 12.7. The van der Waals surface area contributed by atoms with Crippen molar-refractivity contribution >= 4 is 0 Å². The molecule has 1 unspecified atom stereocenters. The fourth-order valence-corrected chi connectivity index (χ4v) is 2.04. The first-order valence-electron chi connectivity index (χ1n) is 6.51. The van der Waals surface area contributed by atoms with Gasteiger partial charge in [0.2, 0.25) is 0 Å². The third-order valence-corrected chi connectivity index (χ3v) is 3.35. The van der Waals surface area contributed by atoms with Crippen LogP contribution in [0.3, 0.4) is 0 Å². The van der Waals surface area contributed by atoms with Gasteiger partial charge < -0.3 is 9.88 Å². The van der Waals surface area contributed by atoms with Crippen LogP contribution in [0.15, 0.2) is 18.5 Å². The predicted octanol–water partition coefficient (Wildman–Crippen LogP) is 2.30. The standard InChI is InChI=1S/C14H18F2N4/c1-9-6-13(16)11(7-12(9)15)10(2)17-5-4-14-19-18-8-20(14)3/h6-8,10,17H,4-5H2,1-3H3. The molecule has 6 heteroatoms. The van der Waals surface area contributed by atoms with Gasteiger partial charge >= 0.3 is 0 Å². The van der Waals surface area contributed by atoms with E-state index in [2.05, 4.69) is 15.5 Å². The molecule has 0 aliphatic rings. The Morgan fingerprint density at radius 3 is 2.70 bits per heavy atom. The van der Waals surface area contributed by atoms with E-state index in [9.17, 15) is 8.78 Å². The molecule has 4 nitrogen and oxygen atoms in total. The van der Waals surface area contributed by atoms with Crippen molar-refractivity contribution in [3.8, 4) is 0 Å². The lowest BCUT2D eigenvalue weighted by Gasteiger charge is -2.15. The van der Waals surface area contributed by atoms with Crippen LogP contribution >= 0.6 is 0 Å². The Labute approximate surface area is 116 Å². The van der Waals surface area contributed by atoms with Gasteiger partial charge in [0.1, 0.15) is 23.8 Å². The van der Waals surface area contributed by atoms with Gasteiger partial charge in [0.15, 0.2) is 0 Å². The van der Waals surface area contributed by atoms with Crippen molar-refractivity contribution in [2.75, 3.05) is 6.54 Å². The van der Waals surface area contributed by atoms with Crippen LogP contribution in [0.2, 0.25) is 0 Å². The molecule has 0 bridgehead atoms. The largest absolute Gasteiger partial charge is 0.321 e. The average Bonchev–Trinajstić information content (AvgIpc) is 2.79. The Hall–Kier alpha value is -1.82. The van der Waals surface area contributed by atoms with Crippen LogP contribution in [-0.2, 0) is 13.5 Å². The molecule has 0 aliphatic heterocycles. The van der Waals surface area contributed by atoms with Gasteiger partial charge in [0.25, 0.3) is 0 Å². The minimum Gasteiger partial charge on any atom is -0.321 e. The number of benzene rings is 1. The molecule has 1 aromatic heterocycles. The Bertz CT molecular complexity index is 595. The maximum absolute atomic E-state index is 13.8. The molecule has 0 radical (unpaired) electrons. The third kappa shape index (κ3) is 3.19. The molecule has 0 spiro atoms. The SMILES string of the molecule is Cc1cc(F)c(C(C)NCCc2nncn2C)cc1F. The molecule has 1 atom stereocenters. The van der Waals surface area contributed by atoms with E-state index in [1.54, 1.807) is 13.3 Å². The van der Waals surface area contributed by atoms with E-state index >= 15 is 0 Å². The summed E-state index contributed by atoms with van der Waals surface area (Å²) in [5.41, 5.74) is 0.656. The van der Waals surface area contributed by atoms with Crippen LogP contribution in [0.4, 0.5) is 8.78 Å². The Balaban J connectivity index is 1.97. The number of hydrogen-bond acceptors (Lipinski definition) is 3. The summed E-state index contributed by atoms with van der Waals surface area (Å²) in [4.78, 5) is 0. The molecule has 1 aromatic carbocycles. The summed E-state index contributed by atoms with van der Waals surface area (Å²) in [5.74, 6) is 0.0752. The van der Waals surface area contributed by atoms with Crippen molar-refractivity contribution in [2.24, 2.45) is 7.05 Å². The monoisotopic (exact) mass is 280 g/mol. The molecular formula is C14H18F2N4. The van der Waals surface area contributed by atoms with Gasteiger partial charge in [0.05, 0.1) is 0 Å². The summed E-state index contributed by atoms with van der Waals surface area (Å²) in [7, 11) is 1.87. The summed E-state index contributed by atoms with van der Waals surface area (Å²) in [5, 5.41) is 10.9. The first kappa shape index (κ1) is 14.6. The number of rotatable bonds is 5. The second kappa shape index (κ2) is 6.09. The maximum atomic E-state index is 13.8. The number of nitrogens with one attached hydrogen (secondary N) is 1. The number of aromatic nitrogens is 3. The third-order valence-electron chi connectivity index (χ3n) is 3.35. The zero-order valence-electron chi connectivity index (χ0n) is 11.8. The van der Waals surface area contributed by atoms with Crippen molar-refractivity contribution in [3.05, 3.63) is 47.0 Å². The van der Waals surface area contributed by atoms with Crippen LogP contribution in [0.5, 0.6) is 0 Å². The Kier molecular flexibility index (Phi) is 4.44. The summed E-state index contributed by atoms with van der Waals surface area (Å²) in [6, 6.07) is 2.22. The number of halogens is 2. The molecule has 0 amide bonds. The average molecular weight is 280 g/mol. The van der Waals surface area contributed by atoms with Gasteiger partial charge in [-0.05, 0) is 31.5 Å². The highest BCUT2D eigenvalue weighted by Crippen LogP contribution is 2.20. The van der Waals surface area contributed by atoms with Crippen molar-refractivity contribution in [3.63, 3.8) is 0 Å². The molecule has 0 aliphatic carbocycles. The topological polar surface area (TPSA) is 42.7 Å². The molecule has 0 saturated carbocycles. The fraction of sp³-hybridized carbons (Fsp3) is 0.429. The molecule has 0 fully saturated rings. The van der Waals surface area contributed by atoms with E-state index in [4.69, 9.17) is 0 Å². The zero-order valence-corrected chi connectivity index (χ0v) is 11.8. The first-order chi connectivity index (χ1) is 9.49. The van der Waals surface area contributed by atoms with E-state index < -0.39 is 0 Å². The van der Waals surface area contributed by atoms with Crippen molar-refractivity contribution in [1.29, 1.82) is 0 Å².